The maximum Gasteiger partial charge on any atom is 0.154 e. The molecule has 5 aliphatic rings. The number of hydrogen-bond donors (Lipinski definition) is 0. The van der Waals surface area contributed by atoms with Crippen LogP contribution >= 0.6 is 0 Å². The van der Waals surface area contributed by atoms with Crippen LogP contribution in [0.3, 0.4) is 0 Å². The molecule has 2 aliphatic heterocycles. The highest BCUT2D eigenvalue weighted by Gasteiger charge is 2.16. The Balaban J connectivity index is 0. The van der Waals surface area contributed by atoms with Crippen molar-refractivity contribution >= 4 is 0 Å². The van der Waals surface area contributed by atoms with E-state index in [0.29, 0.717) is 12.0 Å². The van der Waals surface area contributed by atoms with E-state index in [1.165, 1.54) is 89.9 Å². The first-order valence-electron chi connectivity index (χ1n) is 17.8. The predicted octanol–water partition coefficient (Wildman–Crippen LogP) is 12.6. The summed E-state index contributed by atoms with van der Waals surface area (Å²) >= 11 is 0. The standard InChI is InChI=1S/3C8H16.C7H14O.C6H12O2.2CH4/c3*1-7-3-5-8(2)6-4-7;1-6-3-4-7(2)8-5-6;1-5-3-7-6(2)8-4-5;;/h3*7-8H,3-6H2,1-2H3;6-7H,3-5H2,1-2H3;5-6H,3-4H2,1-2H3;2*1H4. The first-order chi connectivity index (χ1) is 18.9. The minimum Gasteiger partial charge on any atom is -0.378 e. The fourth-order valence-corrected chi connectivity index (χ4v) is 5.99. The predicted molar refractivity (Wildman–Crippen MR) is 188 cm³/mol. The van der Waals surface area contributed by atoms with E-state index in [0.717, 1.165) is 61.2 Å². The van der Waals surface area contributed by atoms with Crippen LogP contribution in [-0.2, 0) is 14.2 Å². The van der Waals surface area contributed by atoms with E-state index in [2.05, 4.69) is 62.3 Å². The molecule has 0 aromatic rings. The normalized spacial score (nSPS) is 37.9. The van der Waals surface area contributed by atoms with E-state index >= 15 is 0 Å². The van der Waals surface area contributed by atoms with Crippen LogP contribution < -0.4 is 0 Å². The van der Waals surface area contributed by atoms with Gasteiger partial charge in [0.2, 0.25) is 0 Å². The zero-order chi connectivity index (χ0) is 29.9. The smallest absolute Gasteiger partial charge is 0.154 e. The summed E-state index contributed by atoms with van der Waals surface area (Å²) in [7, 11) is 0. The van der Waals surface area contributed by atoms with E-state index in [1.807, 2.05) is 6.92 Å². The van der Waals surface area contributed by atoms with Crippen LogP contribution in [0.1, 0.15) is 174 Å². The quantitative estimate of drug-likeness (QED) is 0.277. The Morgan fingerprint density at radius 1 is 0.286 bits per heavy atom. The monoisotopic (exact) mass is 599 g/mol. The lowest BCUT2D eigenvalue weighted by Crippen LogP contribution is -2.27. The van der Waals surface area contributed by atoms with Gasteiger partial charge in [0.25, 0.3) is 0 Å². The zero-order valence-electron chi connectivity index (χ0n) is 29.0. The minimum absolute atomic E-state index is 0. The molecule has 3 saturated carbocycles. The van der Waals surface area contributed by atoms with Crippen molar-refractivity contribution in [2.75, 3.05) is 19.8 Å². The van der Waals surface area contributed by atoms with Gasteiger partial charge in [-0.1, -0.05) is 147 Å². The summed E-state index contributed by atoms with van der Waals surface area (Å²) < 4.78 is 15.7. The highest BCUT2D eigenvalue weighted by molar-refractivity contribution is 4.67. The molecule has 2 saturated heterocycles. The summed E-state index contributed by atoms with van der Waals surface area (Å²) in [6, 6.07) is 0. The minimum atomic E-state index is 0. The highest BCUT2D eigenvalue weighted by Crippen LogP contribution is 2.28. The second-order valence-electron chi connectivity index (χ2n) is 15.3. The van der Waals surface area contributed by atoms with Crippen LogP contribution in [0.25, 0.3) is 0 Å². The summed E-state index contributed by atoms with van der Waals surface area (Å²) in [5, 5.41) is 0. The molecule has 0 N–H and O–H groups in total. The van der Waals surface area contributed by atoms with Gasteiger partial charge in [0.1, 0.15) is 0 Å². The summed E-state index contributed by atoms with van der Waals surface area (Å²) in [5.41, 5.74) is 0. The van der Waals surface area contributed by atoms with Gasteiger partial charge in [0.15, 0.2) is 6.29 Å². The molecule has 5 rings (SSSR count). The fourth-order valence-electron chi connectivity index (χ4n) is 5.99. The maximum atomic E-state index is 5.39. The molecule has 3 heteroatoms. The third-order valence-electron chi connectivity index (χ3n) is 9.88. The van der Waals surface area contributed by atoms with Crippen molar-refractivity contribution in [2.24, 2.45) is 47.3 Å². The van der Waals surface area contributed by atoms with E-state index < -0.39 is 0 Å². The Kier molecular flexibility index (Phi) is 27.4. The summed E-state index contributed by atoms with van der Waals surface area (Å²) in [6.45, 7) is 25.3. The van der Waals surface area contributed by atoms with Crippen LogP contribution in [-0.4, -0.2) is 32.2 Å². The van der Waals surface area contributed by atoms with Gasteiger partial charge < -0.3 is 14.2 Å². The lowest BCUT2D eigenvalue weighted by atomic mass is 9.84. The van der Waals surface area contributed by atoms with Crippen molar-refractivity contribution in [3.8, 4) is 0 Å². The van der Waals surface area contributed by atoms with Gasteiger partial charge in [-0.25, -0.2) is 0 Å². The molecule has 2 heterocycles. The molecule has 5 fully saturated rings. The third kappa shape index (κ3) is 24.2. The van der Waals surface area contributed by atoms with Crippen LogP contribution in [0, 0.1) is 47.3 Å². The van der Waals surface area contributed by atoms with Gasteiger partial charge >= 0.3 is 0 Å². The number of hydrogen-bond acceptors (Lipinski definition) is 3. The fraction of sp³-hybridized carbons (Fsp3) is 1.00. The molecule has 3 aliphatic carbocycles. The SMILES string of the molecule is C.C.CC1CCC(C)CC1.CC1CCC(C)CC1.CC1CCC(C)CC1.CC1CCC(C)OC1.CC1COC(C)OC1. The van der Waals surface area contributed by atoms with Gasteiger partial charge in [0.05, 0.1) is 19.3 Å². The largest absolute Gasteiger partial charge is 0.378 e. The zero-order valence-corrected chi connectivity index (χ0v) is 29.0. The molecule has 2 unspecified atom stereocenters. The summed E-state index contributed by atoms with van der Waals surface area (Å²) in [6.07, 6.45) is 20.8. The molecule has 256 valence electrons. The van der Waals surface area contributed by atoms with Crippen molar-refractivity contribution in [1.82, 2.24) is 0 Å². The number of ether oxygens (including phenoxy) is 3. The van der Waals surface area contributed by atoms with Gasteiger partial charge in [-0.05, 0) is 68.1 Å². The topological polar surface area (TPSA) is 27.7 Å². The van der Waals surface area contributed by atoms with Crippen LogP contribution in [0.5, 0.6) is 0 Å². The Morgan fingerprint density at radius 3 is 0.714 bits per heavy atom. The molecule has 2 atom stereocenters. The van der Waals surface area contributed by atoms with Crippen molar-refractivity contribution < 1.29 is 14.2 Å². The van der Waals surface area contributed by atoms with Gasteiger partial charge in [-0.2, -0.15) is 0 Å². The summed E-state index contributed by atoms with van der Waals surface area (Å²) in [4.78, 5) is 0. The first kappa shape index (κ1) is 44.0. The average Bonchev–Trinajstić information content (AvgIpc) is 2.94. The third-order valence-corrected chi connectivity index (χ3v) is 9.88. The molecule has 0 aromatic carbocycles. The second-order valence-corrected chi connectivity index (χ2v) is 15.3. The van der Waals surface area contributed by atoms with Gasteiger partial charge in [-0.15, -0.1) is 0 Å². The van der Waals surface area contributed by atoms with E-state index in [1.54, 1.807) is 0 Å². The Hall–Kier alpha value is -0.120. The molecule has 0 amide bonds. The molecule has 0 bridgehead atoms. The Bertz CT molecular complexity index is 374. The second kappa shape index (κ2) is 26.1. The Morgan fingerprint density at radius 2 is 0.524 bits per heavy atom. The van der Waals surface area contributed by atoms with E-state index in [4.69, 9.17) is 14.2 Å². The lowest BCUT2D eigenvalue weighted by Gasteiger charge is -2.24. The molecular formula is C39H82O3. The lowest BCUT2D eigenvalue weighted by molar-refractivity contribution is -0.187. The first-order valence-corrected chi connectivity index (χ1v) is 17.8. The van der Waals surface area contributed by atoms with Crippen LogP contribution in [0.4, 0.5) is 0 Å². The molecule has 3 nitrogen and oxygen atoms in total. The molecule has 42 heavy (non-hydrogen) atoms. The van der Waals surface area contributed by atoms with Gasteiger partial charge in [-0.3, -0.25) is 0 Å². The molecule has 0 spiro atoms. The molecule has 0 aromatic heterocycles. The molecular weight excluding hydrogens is 516 g/mol. The van der Waals surface area contributed by atoms with Crippen molar-refractivity contribution in [1.29, 1.82) is 0 Å². The van der Waals surface area contributed by atoms with Crippen molar-refractivity contribution in [3.63, 3.8) is 0 Å². The van der Waals surface area contributed by atoms with E-state index in [9.17, 15) is 0 Å². The average molecular weight is 599 g/mol. The van der Waals surface area contributed by atoms with Crippen molar-refractivity contribution in [3.05, 3.63) is 0 Å². The van der Waals surface area contributed by atoms with Crippen LogP contribution in [0.2, 0.25) is 0 Å². The molecule has 0 radical (unpaired) electrons. The number of rotatable bonds is 0. The van der Waals surface area contributed by atoms with Crippen molar-refractivity contribution in [2.45, 2.75) is 186 Å². The van der Waals surface area contributed by atoms with E-state index in [-0.39, 0.29) is 21.1 Å². The Labute approximate surface area is 267 Å². The summed E-state index contributed by atoms with van der Waals surface area (Å²) in [5.74, 6) is 7.49. The van der Waals surface area contributed by atoms with Crippen LogP contribution in [0.15, 0.2) is 0 Å². The highest BCUT2D eigenvalue weighted by atomic mass is 16.7. The maximum absolute atomic E-state index is 5.39. The van der Waals surface area contributed by atoms with Gasteiger partial charge in [0, 0.05) is 12.5 Å².